The second-order valence-electron chi connectivity index (χ2n) is 5.31. The van der Waals surface area contributed by atoms with E-state index >= 15 is 0 Å². The molecule has 0 saturated heterocycles. The number of nitrogens with zero attached hydrogens (tertiary/aromatic N) is 3. The van der Waals surface area contributed by atoms with Crippen LogP contribution >= 0.6 is 15.9 Å². The van der Waals surface area contributed by atoms with Gasteiger partial charge in [0.15, 0.2) is 0 Å². The largest absolute Gasteiger partial charge is 0.356 e. The van der Waals surface area contributed by atoms with E-state index in [1.165, 1.54) is 5.56 Å². The zero-order valence-corrected chi connectivity index (χ0v) is 15.0. The smallest absolute Gasteiger partial charge is 0.229 e. The van der Waals surface area contributed by atoms with Gasteiger partial charge in [0.2, 0.25) is 5.95 Å². The Bertz CT molecular complexity index is 609. The molecule has 0 atom stereocenters. The van der Waals surface area contributed by atoms with Crippen molar-refractivity contribution in [2.45, 2.75) is 33.6 Å². The predicted octanol–water partition coefficient (Wildman–Crippen LogP) is 4.92. The van der Waals surface area contributed by atoms with E-state index in [2.05, 4.69) is 63.0 Å². The van der Waals surface area contributed by atoms with Gasteiger partial charge >= 0.3 is 0 Å². The Labute approximate surface area is 141 Å². The normalized spacial score (nSPS) is 10.5. The van der Waals surface area contributed by atoms with Crippen molar-refractivity contribution in [1.82, 2.24) is 9.97 Å². The van der Waals surface area contributed by atoms with E-state index in [0.717, 1.165) is 41.9 Å². The van der Waals surface area contributed by atoms with Crippen molar-refractivity contribution in [1.29, 1.82) is 0 Å². The van der Waals surface area contributed by atoms with E-state index in [4.69, 9.17) is 0 Å². The third kappa shape index (κ3) is 4.44. The molecule has 1 aromatic carbocycles. The number of anilines is 3. The van der Waals surface area contributed by atoms with Crippen LogP contribution in [0.25, 0.3) is 0 Å². The molecule has 0 unspecified atom stereocenters. The number of hydrogen-bond donors (Lipinski definition) is 1. The number of aromatic nitrogens is 2. The average Bonchev–Trinajstić information content (AvgIpc) is 2.51. The Kier molecular flexibility index (Phi) is 6.19. The maximum Gasteiger partial charge on any atom is 0.229 e. The maximum absolute atomic E-state index is 4.65. The van der Waals surface area contributed by atoms with Crippen LogP contribution in [-0.2, 0) is 0 Å². The van der Waals surface area contributed by atoms with E-state index in [-0.39, 0.29) is 0 Å². The molecule has 0 aliphatic carbocycles. The minimum Gasteiger partial charge on any atom is -0.356 e. The van der Waals surface area contributed by atoms with Crippen LogP contribution in [0.1, 0.15) is 32.3 Å². The summed E-state index contributed by atoms with van der Waals surface area (Å²) in [5.41, 5.74) is 2.18. The molecule has 0 aliphatic heterocycles. The first-order valence-corrected chi connectivity index (χ1v) is 8.54. The van der Waals surface area contributed by atoms with E-state index in [9.17, 15) is 0 Å². The molecule has 1 aromatic heterocycles. The molecule has 0 aliphatic rings. The van der Waals surface area contributed by atoms with Crippen LogP contribution in [0.4, 0.5) is 17.5 Å². The first kappa shape index (κ1) is 16.7. The molecular weight excluding hydrogens is 340 g/mol. The van der Waals surface area contributed by atoms with Gasteiger partial charge < -0.3 is 10.2 Å². The summed E-state index contributed by atoms with van der Waals surface area (Å²) >= 11 is 3.51. The van der Waals surface area contributed by atoms with Crippen molar-refractivity contribution in [3.63, 3.8) is 0 Å². The SMILES string of the molecule is CCCN(CCC)c1ccnc(Nc2ccc(Br)c(C)c2)n1. The Hall–Kier alpha value is -1.62. The number of rotatable bonds is 7. The Morgan fingerprint density at radius 2 is 1.86 bits per heavy atom. The van der Waals surface area contributed by atoms with Crippen LogP contribution in [0.15, 0.2) is 34.9 Å². The van der Waals surface area contributed by atoms with Crippen LogP contribution in [0.3, 0.4) is 0 Å². The second-order valence-corrected chi connectivity index (χ2v) is 6.17. The van der Waals surface area contributed by atoms with Gasteiger partial charge in [-0.2, -0.15) is 4.98 Å². The van der Waals surface area contributed by atoms with Gasteiger partial charge in [0.1, 0.15) is 5.82 Å². The molecule has 5 heteroatoms. The second kappa shape index (κ2) is 8.13. The maximum atomic E-state index is 4.65. The van der Waals surface area contributed by atoms with Crippen LogP contribution in [0.5, 0.6) is 0 Å². The van der Waals surface area contributed by atoms with Crippen LogP contribution in [0.2, 0.25) is 0 Å². The van der Waals surface area contributed by atoms with E-state index in [1.807, 2.05) is 24.4 Å². The zero-order chi connectivity index (χ0) is 15.9. The Morgan fingerprint density at radius 1 is 1.14 bits per heavy atom. The Balaban J connectivity index is 2.18. The molecular formula is C17H23BrN4. The fourth-order valence-electron chi connectivity index (χ4n) is 2.32. The van der Waals surface area contributed by atoms with Crippen molar-refractivity contribution >= 4 is 33.4 Å². The summed E-state index contributed by atoms with van der Waals surface area (Å²) in [5.74, 6) is 1.62. The molecule has 4 nitrogen and oxygen atoms in total. The van der Waals surface area contributed by atoms with Gasteiger partial charge in [-0.15, -0.1) is 0 Å². The van der Waals surface area contributed by atoms with Gasteiger partial charge in [0.05, 0.1) is 0 Å². The van der Waals surface area contributed by atoms with Gasteiger partial charge in [-0.1, -0.05) is 29.8 Å². The molecule has 1 heterocycles. The van der Waals surface area contributed by atoms with Gasteiger partial charge in [-0.05, 0) is 49.6 Å². The highest BCUT2D eigenvalue weighted by molar-refractivity contribution is 9.10. The van der Waals surface area contributed by atoms with Crippen LogP contribution in [-0.4, -0.2) is 23.1 Å². The van der Waals surface area contributed by atoms with Gasteiger partial charge in [-0.25, -0.2) is 4.98 Å². The molecule has 0 spiro atoms. The average molecular weight is 363 g/mol. The van der Waals surface area contributed by atoms with Crippen molar-refractivity contribution < 1.29 is 0 Å². The summed E-state index contributed by atoms with van der Waals surface area (Å²) in [6, 6.07) is 8.10. The van der Waals surface area contributed by atoms with E-state index in [0.29, 0.717) is 5.95 Å². The third-order valence-electron chi connectivity index (χ3n) is 3.37. The zero-order valence-electron chi connectivity index (χ0n) is 13.4. The molecule has 2 rings (SSSR count). The quantitative estimate of drug-likeness (QED) is 0.758. The molecule has 22 heavy (non-hydrogen) atoms. The Morgan fingerprint density at radius 3 is 2.50 bits per heavy atom. The third-order valence-corrected chi connectivity index (χ3v) is 4.26. The molecule has 0 fully saturated rings. The van der Waals surface area contributed by atoms with E-state index in [1.54, 1.807) is 0 Å². The summed E-state index contributed by atoms with van der Waals surface area (Å²) in [6.45, 7) is 8.47. The number of halogens is 1. The van der Waals surface area contributed by atoms with Crippen molar-refractivity contribution in [2.24, 2.45) is 0 Å². The first-order chi connectivity index (χ1) is 10.6. The molecule has 0 amide bonds. The number of nitrogens with one attached hydrogen (secondary N) is 1. The van der Waals surface area contributed by atoms with Gasteiger partial charge in [0, 0.05) is 29.4 Å². The number of hydrogen-bond acceptors (Lipinski definition) is 4. The first-order valence-electron chi connectivity index (χ1n) is 7.75. The lowest BCUT2D eigenvalue weighted by atomic mass is 10.2. The highest BCUT2D eigenvalue weighted by atomic mass is 79.9. The fourth-order valence-corrected chi connectivity index (χ4v) is 2.56. The molecule has 0 bridgehead atoms. The van der Waals surface area contributed by atoms with Gasteiger partial charge in [-0.3, -0.25) is 0 Å². The van der Waals surface area contributed by atoms with Crippen molar-refractivity contribution in [3.8, 4) is 0 Å². The number of benzene rings is 1. The summed E-state index contributed by atoms with van der Waals surface area (Å²) in [4.78, 5) is 11.3. The standard InChI is InChI=1S/C17H23BrN4/c1-4-10-22(11-5-2)16-8-9-19-17(21-16)20-14-6-7-15(18)13(3)12-14/h6-9,12H,4-5,10-11H2,1-3H3,(H,19,20,21). The van der Waals surface area contributed by atoms with Crippen LogP contribution < -0.4 is 10.2 Å². The molecule has 0 saturated carbocycles. The highest BCUT2D eigenvalue weighted by Crippen LogP contribution is 2.22. The molecule has 118 valence electrons. The minimum absolute atomic E-state index is 0.636. The van der Waals surface area contributed by atoms with E-state index < -0.39 is 0 Å². The molecule has 1 N–H and O–H groups in total. The monoisotopic (exact) mass is 362 g/mol. The summed E-state index contributed by atoms with van der Waals surface area (Å²) in [6.07, 6.45) is 4.03. The predicted molar refractivity (Wildman–Crippen MR) is 97.0 cm³/mol. The summed E-state index contributed by atoms with van der Waals surface area (Å²) < 4.78 is 1.10. The lowest BCUT2D eigenvalue weighted by molar-refractivity contribution is 0.733. The molecule has 2 aromatic rings. The fraction of sp³-hybridized carbons (Fsp3) is 0.412. The summed E-state index contributed by atoms with van der Waals surface area (Å²) in [5, 5.41) is 3.28. The summed E-state index contributed by atoms with van der Waals surface area (Å²) in [7, 11) is 0. The van der Waals surface area contributed by atoms with Crippen LogP contribution in [0, 0.1) is 6.92 Å². The highest BCUT2D eigenvalue weighted by Gasteiger charge is 2.08. The lowest BCUT2D eigenvalue weighted by Gasteiger charge is -2.22. The van der Waals surface area contributed by atoms with Crippen molar-refractivity contribution in [2.75, 3.05) is 23.3 Å². The lowest BCUT2D eigenvalue weighted by Crippen LogP contribution is -2.26. The van der Waals surface area contributed by atoms with Gasteiger partial charge in [0.25, 0.3) is 0 Å². The van der Waals surface area contributed by atoms with Crippen molar-refractivity contribution in [3.05, 3.63) is 40.5 Å². The molecule has 0 radical (unpaired) electrons. The minimum atomic E-state index is 0.636. The number of aryl methyl sites for hydroxylation is 1. The topological polar surface area (TPSA) is 41.1 Å².